The molecule has 0 aliphatic heterocycles. The van der Waals surface area contributed by atoms with Crippen LogP contribution in [0, 0.1) is 21.4 Å². The number of benzene rings is 2. The summed E-state index contributed by atoms with van der Waals surface area (Å²) in [7, 11) is 1.84. The molecule has 8 nitrogen and oxygen atoms in total. The van der Waals surface area contributed by atoms with Gasteiger partial charge in [0.25, 0.3) is 5.69 Å². The predicted molar refractivity (Wildman–Crippen MR) is 148 cm³/mol. The molecule has 1 aliphatic rings. The summed E-state index contributed by atoms with van der Waals surface area (Å²) in [5.41, 5.74) is 3.78. The van der Waals surface area contributed by atoms with Crippen LogP contribution in [0.2, 0.25) is 0 Å². The molecular weight excluding hydrogens is 500 g/mol. The molecule has 0 bridgehead atoms. The summed E-state index contributed by atoms with van der Waals surface area (Å²) in [6, 6.07) is 12.5. The van der Waals surface area contributed by atoms with Crippen LogP contribution in [0.4, 0.5) is 5.69 Å². The zero-order chi connectivity index (χ0) is 27.2. The number of imidazole rings is 1. The Morgan fingerprint density at radius 2 is 1.97 bits per heavy atom. The van der Waals surface area contributed by atoms with Gasteiger partial charge in [-0.2, -0.15) is 0 Å². The maximum atomic E-state index is 12.5. The van der Waals surface area contributed by atoms with E-state index in [2.05, 4.69) is 25.8 Å². The Bertz CT molecular complexity index is 1620. The second-order valence-corrected chi connectivity index (χ2v) is 11.7. The molecule has 9 heteroatoms. The number of carbonyl (C=O) groups is 1. The number of rotatable bonds is 5. The van der Waals surface area contributed by atoms with E-state index >= 15 is 0 Å². The molecule has 0 fully saturated rings. The number of allylic oxidation sites excluding steroid dienone is 1. The third-order valence-electron chi connectivity index (χ3n) is 7.15. The van der Waals surface area contributed by atoms with Gasteiger partial charge in [0, 0.05) is 30.9 Å². The monoisotopic (exact) mass is 528 g/mol. The van der Waals surface area contributed by atoms with Gasteiger partial charge in [-0.1, -0.05) is 45.0 Å². The number of aromatic carboxylic acids is 1. The molecule has 1 N–H and O–H groups in total. The minimum Gasteiger partial charge on any atom is -0.478 e. The Balaban J connectivity index is 1.67. The van der Waals surface area contributed by atoms with E-state index in [9.17, 15) is 20.0 Å². The van der Waals surface area contributed by atoms with E-state index in [0.717, 1.165) is 11.1 Å². The maximum Gasteiger partial charge on any atom is 0.336 e. The lowest BCUT2D eigenvalue weighted by atomic mass is 9.69. The maximum absolute atomic E-state index is 12.5. The summed E-state index contributed by atoms with van der Waals surface area (Å²) in [5.74, 6) is -0.796. The van der Waals surface area contributed by atoms with Gasteiger partial charge in [-0.3, -0.25) is 10.1 Å². The average molecular weight is 529 g/mol. The van der Waals surface area contributed by atoms with Crippen LogP contribution in [0.3, 0.4) is 0 Å². The first-order valence-corrected chi connectivity index (χ1v) is 13.1. The van der Waals surface area contributed by atoms with Crippen molar-refractivity contribution < 1.29 is 14.8 Å². The van der Waals surface area contributed by atoms with Crippen molar-refractivity contribution in [1.29, 1.82) is 0 Å². The third kappa shape index (κ3) is 4.81. The Kier molecular flexibility index (Phi) is 6.56. The van der Waals surface area contributed by atoms with Crippen LogP contribution in [0.15, 0.2) is 64.9 Å². The summed E-state index contributed by atoms with van der Waals surface area (Å²) < 4.78 is 1.81. The lowest BCUT2D eigenvalue weighted by Crippen LogP contribution is -2.28. The van der Waals surface area contributed by atoms with Crippen LogP contribution >= 0.6 is 11.8 Å². The molecule has 0 spiro atoms. The quantitative estimate of drug-likeness (QED) is 0.222. The van der Waals surface area contributed by atoms with Gasteiger partial charge in [0.15, 0.2) is 5.16 Å². The molecule has 5 rings (SSSR count). The third-order valence-corrected chi connectivity index (χ3v) is 8.29. The van der Waals surface area contributed by atoms with Crippen molar-refractivity contribution in [3.05, 3.63) is 87.4 Å². The fourth-order valence-electron chi connectivity index (χ4n) is 4.98. The van der Waals surface area contributed by atoms with Gasteiger partial charge in [-0.15, -0.1) is 0 Å². The van der Waals surface area contributed by atoms with Crippen molar-refractivity contribution in [3.8, 4) is 0 Å². The number of aromatic nitrogens is 3. The minimum atomic E-state index is -0.972. The number of fused-ring (bicyclic) bond motifs is 2. The van der Waals surface area contributed by atoms with E-state index < -0.39 is 5.97 Å². The standard InChI is InChI=1S/C29H28N4O4S/c1-29(2,3)19-15-18(26-21(16-19)25(27(34)35)20-7-5-6-8-22(20)31-26)13-17-9-10-24(23(14-17)33(36)37)38-28-30-11-12-32(28)4/h5-14,19H,15-16H2,1-4H3,(H,34,35)/b18-13-/t19-/m0/s1. The number of pyridine rings is 1. The first kappa shape index (κ1) is 25.7. The number of hydrogen-bond acceptors (Lipinski definition) is 6. The molecule has 0 amide bonds. The van der Waals surface area contributed by atoms with Crippen molar-refractivity contribution in [1.82, 2.24) is 14.5 Å². The van der Waals surface area contributed by atoms with Gasteiger partial charge >= 0.3 is 5.97 Å². The first-order valence-electron chi connectivity index (χ1n) is 12.3. The Morgan fingerprint density at radius 3 is 2.63 bits per heavy atom. The van der Waals surface area contributed by atoms with Crippen molar-refractivity contribution in [2.75, 3.05) is 0 Å². The van der Waals surface area contributed by atoms with Crippen LogP contribution < -0.4 is 0 Å². The summed E-state index contributed by atoms with van der Waals surface area (Å²) in [4.78, 5) is 33.8. The van der Waals surface area contributed by atoms with E-state index in [-0.39, 0.29) is 21.9 Å². The second kappa shape index (κ2) is 9.72. The number of nitro benzene ring substituents is 1. The lowest BCUT2D eigenvalue weighted by Gasteiger charge is -2.36. The van der Waals surface area contributed by atoms with Crippen LogP contribution in [0.25, 0.3) is 22.6 Å². The Hall–Kier alpha value is -3.98. The summed E-state index contributed by atoms with van der Waals surface area (Å²) in [5, 5.41) is 23.5. The minimum absolute atomic E-state index is 0.00606. The highest BCUT2D eigenvalue weighted by atomic mass is 32.2. The molecule has 1 aliphatic carbocycles. The molecule has 2 heterocycles. The molecule has 2 aromatic heterocycles. The van der Waals surface area contributed by atoms with E-state index in [1.54, 1.807) is 30.6 Å². The largest absolute Gasteiger partial charge is 0.478 e. The summed E-state index contributed by atoms with van der Waals surface area (Å²) in [6.07, 6.45) is 6.67. The molecule has 0 radical (unpaired) electrons. The van der Waals surface area contributed by atoms with Crippen LogP contribution in [0.5, 0.6) is 0 Å². The highest BCUT2D eigenvalue weighted by molar-refractivity contribution is 7.99. The number of carboxylic acid groups (broad SMARTS) is 1. The van der Waals surface area contributed by atoms with E-state index in [1.165, 1.54) is 11.8 Å². The molecule has 38 heavy (non-hydrogen) atoms. The molecule has 0 saturated carbocycles. The fourth-order valence-corrected chi connectivity index (χ4v) is 5.87. The fraction of sp³-hybridized carbons (Fsp3) is 0.276. The molecule has 1 atom stereocenters. The number of para-hydroxylation sites is 1. The summed E-state index contributed by atoms with van der Waals surface area (Å²) in [6.45, 7) is 6.47. The number of carboxylic acids is 1. The van der Waals surface area contributed by atoms with Gasteiger partial charge in [-0.25, -0.2) is 14.8 Å². The van der Waals surface area contributed by atoms with E-state index in [1.807, 2.05) is 42.0 Å². The van der Waals surface area contributed by atoms with Crippen LogP contribution in [-0.4, -0.2) is 30.5 Å². The first-order chi connectivity index (χ1) is 18.0. The molecule has 194 valence electrons. The number of hydrogen-bond donors (Lipinski definition) is 1. The zero-order valence-corrected chi connectivity index (χ0v) is 22.5. The molecule has 0 unspecified atom stereocenters. The van der Waals surface area contributed by atoms with Gasteiger partial charge in [0.2, 0.25) is 0 Å². The molecule has 2 aromatic carbocycles. The van der Waals surface area contributed by atoms with Crippen LogP contribution in [0.1, 0.15) is 54.4 Å². The van der Waals surface area contributed by atoms with Gasteiger partial charge in [0.05, 0.1) is 26.6 Å². The molecule has 0 saturated heterocycles. The Labute approximate surface area is 224 Å². The molecule has 4 aromatic rings. The number of aryl methyl sites for hydroxylation is 1. The normalized spacial score (nSPS) is 16.5. The van der Waals surface area contributed by atoms with Crippen molar-refractivity contribution in [2.45, 2.75) is 43.7 Å². The van der Waals surface area contributed by atoms with Crippen molar-refractivity contribution in [2.24, 2.45) is 18.4 Å². The SMILES string of the molecule is Cn1ccnc1Sc1ccc(/C=C2/C[C@H](C(C)(C)C)Cc3c2nc2ccccc2c3C(=O)O)cc1[N+](=O)[O-]. The molecular formula is C29H28N4O4S. The smallest absolute Gasteiger partial charge is 0.336 e. The zero-order valence-electron chi connectivity index (χ0n) is 21.6. The Morgan fingerprint density at radius 1 is 1.21 bits per heavy atom. The number of nitrogens with zero attached hydrogens (tertiary/aromatic N) is 4. The summed E-state index contributed by atoms with van der Waals surface area (Å²) >= 11 is 1.24. The van der Waals surface area contributed by atoms with Crippen molar-refractivity contribution >= 4 is 46.0 Å². The predicted octanol–water partition coefficient (Wildman–Crippen LogP) is 6.88. The van der Waals surface area contributed by atoms with Gasteiger partial charge in [0.1, 0.15) is 0 Å². The second-order valence-electron chi connectivity index (χ2n) is 10.7. The average Bonchev–Trinajstić information content (AvgIpc) is 3.26. The highest BCUT2D eigenvalue weighted by Crippen LogP contribution is 2.45. The number of nitro groups is 1. The van der Waals surface area contributed by atoms with Crippen molar-refractivity contribution in [3.63, 3.8) is 0 Å². The highest BCUT2D eigenvalue weighted by Gasteiger charge is 2.35. The van der Waals surface area contributed by atoms with E-state index in [4.69, 9.17) is 4.98 Å². The van der Waals surface area contributed by atoms with Gasteiger partial charge in [-0.05, 0) is 70.8 Å². The van der Waals surface area contributed by atoms with E-state index in [0.29, 0.717) is 50.6 Å². The topological polar surface area (TPSA) is 111 Å². The van der Waals surface area contributed by atoms with Gasteiger partial charge < -0.3 is 9.67 Å². The lowest BCUT2D eigenvalue weighted by molar-refractivity contribution is -0.387. The van der Waals surface area contributed by atoms with Crippen LogP contribution in [-0.2, 0) is 13.5 Å².